The second-order valence-electron chi connectivity index (χ2n) is 12.8. The Bertz CT molecular complexity index is 1580. The van der Waals surface area contributed by atoms with Crippen molar-refractivity contribution in [1.29, 1.82) is 0 Å². The number of hydrogen-bond acceptors (Lipinski definition) is 5. The van der Waals surface area contributed by atoms with Crippen LogP contribution in [0.4, 0.5) is 0 Å². The summed E-state index contributed by atoms with van der Waals surface area (Å²) in [6.07, 6.45) is 8.68. The lowest BCUT2D eigenvalue weighted by Crippen LogP contribution is -2.57. The molecule has 3 aromatic rings. The Kier molecular flexibility index (Phi) is 7.77. The van der Waals surface area contributed by atoms with Crippen LogP contribution in [0.5, 0.6) is 0 Å². The number of rotatable bonds is 8. The maximum Gasteiger partial charge on any atom is 0.254 e. The third-order valence-corrected chi connectivity index (χ3v) is 11.0. The number of amides is 2. The Labute approximate surface area is 252 Å². The minimum absolute atomic E-state index is 0.134. The smallest absolute Gasteiger partial charge is 0.254 e. The van der Waals surface area contributed by atoms with Crippen LogP contribution in [0.2, 0.25) is 0 Å². The largest absolute Gasteiger partial charge is 0.348 e. The maximum absolute atomic E-state index is 13.7. The van der Waals surface area contributed by atoms with E-state index in [-0.39, 0.29) is 35.5 Å². The summed E-state index contributed by atoms with van der Waals surface area (Å²) in [5, 5.41) is 7.97. The molecule has 42 heavy (non-hydrogen) atoms. The average Bonchev–Trinajstić information content (AvgIpc) is 3.59. The Morgan fingerprint density at radius 2 is 1.86 bits per heavy atom. The molecule has 2 amide bonds. The molecule has 7 rings (SSSR count). The lowest BCUT2D eigenvalue weighted by Gasteiger charge is -2.43. The molecule has 4 aliphatic rings. The van der Waals surface area contributed by atoms with Gasteiger partial charge in [0.15, 0.2) is 0 Å². The zero-order valence-electron chi connectivity index (χ0n) is 25.4. The highest BCUT2D eigenvalue weighted by molar-refractivity contribution is 7.98. The average molecular weight is 590 g/mol. The Balaban J connectivity index is 1.16. The van der Waals surface area contributed by atoms with Crippen LogP contribution in [0.3, 0.4) is 0 Å². The van der Waals surface area contributed by atoms with Crippen LogP contribution in [0.15, 0.2) is 40.0 Å². The summed E-state index contributed by atoms with van der Waals surface area (Å²) >= 11 is 1.52. The van der Waals surface area contributed by atoms with Crippen LogP contribution >= 0.6 is 11.8 Å². The standard InChI is InChI=1S/C33H43N5O3S/c1-19-14-29(42-5)27(31(40)35-19)17-34-32(41)30-21(3)38(28-9-7-6-8-26(28)30)20(2)23-10-12-24(13-11-23)36-33-15-25(16-33)37(18-33)22(4)39/h6-9,14,20,23-25,36H,10-13,15-18H2,1-5H3,(H,34,41)(H,35,40)/t20-,23?,24?,25?,33?/m1/s1. The Hall–Kier alpha value is -3.04. The molecule has 2 bridgehead atoms. The van der Waals surface area contributed by atoms with Gasteiger partial charge in [0.25, 0.3) is 11.5 Å². The van der Waals surface area contributed by atoms with Crippen molar-refractivity contribution in [2.24, 2.45) is 5.92 Å². The second kappa shape index (κ2) is 11.2. The number of pyridine rings is 1. The number of benzene rings is 1. The van der Waals surface area contributed by atoms with E-state index in [2.05, 4.69) is 45.0 Å². The number of aromatic nitrogens is 2. The van der Waals surface area contributed by atoms with Crippen LogP contribution in [0.25, 0.3) is 10.9 Å². The summed E-state index contributed by atoms with van der Waals surface area (Å²) in [4.78, 5) is 44.1. The molecule has 2 aromatic heterocycles. The molecule has 224 valence electrons. The van der Waals surface area contributed by atoms with E-state index in [0.717, 1.165) is 72.3 Å². The number of hydrogen-bond donors (Lipinski definition) is 3. The number of thioether (sulfide) groups is 1. The molecule has 2 aliphatic carbocycles. The number of carbonyl (C=O) groups is 2. The minimum Gasteiger partial charge on any atom is -0.348 e. The Morgan fingerprint density at radius 1 is 1.14 bits per heavy atom. The van der Waals surface area contributed by atoms with Crippen molar-refractivity contribution < 1.29 is 9.59 Å². The summed E-state index contributed by atoms with van der Waals surface area (Å²) in [6, 6.07) is 11.3. The van der Waals surface area contributed by atoms with Crippen LogP contribution in [-0.4, -0.2) is 56.7 Å². The van der Waals surface area contributed by atoms with E-state index in [0.29, 0.717) is 29.1 Å². The van der Waals surface area contributed by atoms with Crippen molar-refractivity contribution in [3.05, 3.63) is 63.2 Å². The molecule has 0 unspecified atom stereocenters. The van der Waals surface area contributed by atoms with Crippen molar-refractivity contribution >= 4 is 34.5 Å². The number of fused-ring (bicyclic) bond motifs is 2. The third kappa shape index (κ3) is 5.08. The second-order valence-corrected chi connectivity index (χ2v) is 13.7. The van der Waals surface area contributed by atoms with Crippen molar-refractivity contribution in [3.63, 3.8) is 0 Å². The molecule has 2 saturated carbocycles. The van der Waals surface area contributed by atoms with Gasteiger partial charge in [-0.05, 0) is 83.6 Å². The first-order valence-corrected chi connectivity index (χ1v) is 16.5. The van der Waals surface area contributed by atoms with Gasteiger partial charge in [0.05, 0.1) is 5.56 Å². The van der Waals surface area contributed by atoms with Gasteiger partial charge in [0, 0.05) is 76.4 Å². The molecular formula is C33H43N5O3S. The molecule has 4 heterocycles. The molecule has 2 saturated heterocycles. The van der Waals surface area contributed by atoms with E-state index in [1.807, 2.05) is 37.4 Å². The van der Waals surface area contributed by atoms with Gasteiger partial charge in [0.2, 0.25) is 5.91 Å². The van der Waals surface area contributed by atoms with Gasteiger partial charge in [0.1, 0.15) is 0 Å². The normalized spacial score (nSPS) is 25.8. The highest BCUT2D eigenvalue weighted by Crippen LogP contribution is 2.46. The summed E-state index contributed by atoms with van der Waals surface area (Å²) in [5.41, 5.74) is 4.13. The number of aryl methyl sites for hydroxylation is 1. The van der Waals surface area contributed by atoms with E-state index < -0.39 is 0 Å². The first-order chi connectivity index (χ1) is 20.1. The molecular weight excluding hydrogens is 546 g/mol. The topological polar surface area (TPSA) is 99.2 Å². The molecule has 0 radical (unpaired) electrons. The number of carbonyl (C=O) groups excluding carboxylic acids is 2. The summed E-state index contributed by atoms with van der Waals surface area (Å²) in [6.45, 7) is 8.95. The predicted molar refractivity (Wildman–Crippen MR) is 168 cm³/mol. The molecule has 1 aromatic carbocycles. The van der Waals surface area contributed by atoms with Crippen molar-refractivity contribution in [3.8, 4) is 0 Å². The third-order valence-electron chi connectivity index (χ3n) is 10.2. The van der Waals surface area contributed by atoms with Crippen LogP contribution < -0.4 is 16.2 Å². The quantitative estimate of drug-likeness (QED) is 0.319. The van der Waals surface area contributed by atoms with Crippen LogP contribution in [0.1, 0.15) is 85.7 Å². The highest BCUT2D eigenvalue weighted by atomic mass is 32.2. The van der Waals surface area contributed by atoms with Gasteiger partial charge in [-0.3, -0.25) is 14.4 Å². The van der Waals surface area contributed by atoms with Gasteiger partial charge in [-0.25, -0.2) is 0 Å². The highest BCUT2D eigenvalue weighted by Gasteiger charge is 2.56. The monoisotopic (exact) mass is 589 g/mol. The number of nitrogens with zero attached hydrogens (tertiary/aromatic N) is 2. The molecule has 1 atom stereocenters. The zero-order valence-corrected chi connectivity index (χ0v) is 26.2. The summed E-state index contributed by atoms with van der Waals surface area (Å²) in [5.74, 6) is 0.575. The zero-order chi connectivity index (χ0) is 29.8. The lowest BCUT2D eigenvalue weighted by atomic mass is 9.75. The molecule has 0 spiro atoms. The predicted octanol–water partition coefficient (Wildman–Crippen LogP) is 5.07. The van der Waals surface area contributed by atoms with Gasteiger partial charge in [-0.1, -0.05) is 18.2 Å². The fourth-order valence-electron chi connectivity index (χ4n) is 8.06. The van der Waals surface area contributed by atoms with E-state index in [1.165, 1.54) is 11.8 Å². The number of H-pyrrole nitrogens is 1. The first-order valence-electron chi connectivity index (χ1n) is 15.3. The number of aromatic amines is 1. The maximum atomic E-state index is 13.7. The van der Waals surface area contributed by atoms with Gasteiger partial charge < -0.3 is 25.1 Å². The number of para-hydroxylation sites is 1. The fourth-order valence-corrected chi connectivity index (χ4v) is 8.77. The summed E-state index contributed by atoms with van der Waals surface area (Å²) < 4.78 is 2.37. The molecule has 4 fully saturated rings. The van der Waals surface area contributed by atoms with Gasteiger partial charge in [-0.15, -0.1) is 11.8 Å². The van der Waals surface area contributed by atoms with Crippen molar-refractivity contribution in [1.82, 2.24) is 25.1 Å². The van der Waals surface area contributed by atoms with E-state index >= 15 is 0 Å². The SMILES string of the molecule is CSc1cc(C)[nH]c(=O)c1CNC(=O)c1c(C)n([C@H](C)C2CCC(NC34CC(C3)N(C(C)=O)C4)CC2)c2ccccc12. The summed E-state index contributed by atoms with van der Waals surface area (Å²) in [7, 11) is 0. The lowest BCUT2D eigenvalue weighted by molar-refractivity contribution is -0.128. The Morgan fingerprint density at radius 3 is 2.52 bits per heavy atom. The van der Waals surface area contributed by atoms with E-state index in [4.69, 9.17) is 0 Å². The number of nitrogens with one attached hydrogen (secondary N) is 3. The van der Waals surface area contributed by atoms with E-state index in [9.17, 15) is 14.4 Å². The van der Waals surface area contributed by atoms with Crippen molar-refractivity contribution in [2.45, 2.75) is 101 Å². The molecule has 9 heteroatoms. The minimum atomic E-state index is -0.154. The van der Waals surface area contributed by atoms with E-state index in [1.54, 1.807) is 6.92 Å². The van der Waals surface area contributed by atoms with Crippen LogP contribution in [-0.2, 0) is 11.3 Å². The molecule has 3 N–H and O–H groups in total. The van der Waals surface area contributed by atoms with Gasteiger partial charge >= 0.3 is 0 Å². The first kappa shape index (κ1) is 29.1. The molecule has 8 nitrogen and oxygen atoms in total. The molecule has 2 aliphatic heterocycles. The fraction of sp³-hybridized carbons (Fsp3) is 0.545. The van der Waals surface area contributed by atoms with Gasteiger partial charge in [-0.2, -0.15) is 0 Å². The van der Waals surface area contributed by atoms with Crippen LogP contribution in [0, 0.1) is 19.8 Å². The van der Waals surface area contributed by atoms with Crippen molar-refractivity contribution in [2.75, 3.05) is 12.8 Å².